The molecule has 36 heavy (non-hydrogen) atoms. The molecule has 1 aromatic carbocycles. The van der Waals surface area contributed by atoms with E-state index in [9.17, 15) is 22.8 Å². The summed E-state index contributed by atoms with van der Waals surface area (Å²) in [4.78, 5) is 37.8. The largest absolute Gasteiger partial charge is 0.391 e. The summed E-state index contributed by atoms with van der Waals surface area (Å²) in [6.45, 7) is 6.20. The number of aryl methyl sites for hydroxylation is 2. The average Bonchev–Trinajstić information content (AvgIpc) is 3.19. The zero-order valence-electron chi connectivity index (χ0n) is 20.4. The predicted octanol–water partition coefficient (Wildman–Crippen LogP) is 5.97. The number of carbonyl (C=O) groups is 2. The minimum atomic E-state index is -4.47. The minimum absolute atomic E-state index is 0.0520. The second-order valence-corrected chi connectivity index (χ2v) is 9.86. The molecule has 2 N–H and O–H groups in total. The summed E-state index contributed by atoms with van der Waals surface area (Å²) in [7, 11) is 0. The molecule has 2 aliphatic rings. The van der Waals surface area contributed by atoms with Crippen LogP contribution in [0.1, 0.15) is 47.8 Å². The number of ketones is 1. The number of alkyl halides is 3. The van der Waals surface area contributed by atoms with Gasteiger partial charge in [0.1, 0.15) is 5.69 Å². The third-order valence-corrected chi connectivity index (χ3v) is 7.10. The summed E-state index contributed by atoms with van der Waals surface area (Å²) in [5.41, 5.74) is 4.02. The molecule has 190 valence electrons. The van der Waals surface area contributed by atoms with Gasteiger partial charge in [-0.25, -0.2) is 9.78 Å². The van der Waals surface area contributed by atoms with Crippen molar-refractivity contribution in [2.45, 2.75) is 52.3 Å². The number of Topliss-reactive ketones (excluding diaryl/α,β-unsaturated/α-hetero) is 1. The molecule has 0 aliphatic carbocycles. The van der Waals surface area contributed by atoms with Crippen LogP contribution in [0.25, 0.3) is 10.9 Å². The van der Waals surface area contributed by atoms with Crippen molar-refractivity contribution in [3.05, 3.63) is 47.3 Å². The van der Waals surface area contributed by atoms with Crippen molar-refractivity contribution in [2.24, 2.45) is 5.92 Å². The Morgan fingerprint density at radius 3 is 2.78 bits per heavy atom. The summed E-state index contributed by atoms with van der Waals surface area (Å²) in [5.74, 6) is -2.15. The summed E-state index contributed by atoms with van der Waals surface area (Å²) in [5, 5.41) is 3.85. The van der Waals surface area contributed by atoms with E-state index in [1.54, 1.807) is 18.0 Å². The molecule has 2 atom stereocenters. The number of aromatic nitrogens is 2. The molecule has 4 heterocycles. The van der Waals surface area contributed by atoms with Gasteiger partial charge in [-0.1, -0.05) is 19.1 Å². The fourth-order valence-corrected chi connectivity index (χ4v) is 5.17. The molecule has 1 saturated heterocycles. The van der Waals surface area contributed by atoms with E-state index in [0.29, 0.717) is 23.6 Å². The lowest BCUT2D eigenvalue weighted by atomic mass is 9.96. The highest BCUT2D eigenvalue weighted by molar-refractivity contribution is 6.09. The summed E-state index contributed by atoms with van der Waals surface area (Å²) < 4.78 is 39.2. The number of halogens is 3. The summed E-state index contributed by atoms with van der Waals surface area (Å²) in [6, 6.07) is 6.88. The van der Waals surface area contributed by atoms with Crippen LogP contribution in [0, 0.1) is 19.8 Å². The van der Waals surface area contributed by atoms with E-state index >= 15 is 0 Å². The molecule has 1 fully saturated rings. The summed E-state index contributed by atoms with van der Waals surface area (Å²) >= 11 is 0. The number of piperidine rings is 1. The molecule has 7 nitrogen and oxygen atoms in total. The first-order valence-electron chi connectivity index (χ1n) is 12.1. The first-order valence-corrected chi connectivity index (χ1v) is 12.1. The number of benzene rings is 1. The van der Waals surface area contributed by atoms with Gasteiger partial charge >= 0.3 is 12.2 Å². The van der Waals surface area contributed by atoms with Gasteiger partial charge < -0.3 is 15.2 Å². The van der Waals surface area contributed by atoms with Crippen LogP contribution in [0.5, 0.6) is 0 Å². The molecule has 3 aromatic rings. The Kier molecular flexibility index (Phi) is 5.92. The minimum Gasteiger partial charge on any atom is -0.366 e. The number of urea groups is 1. The lowest BCUT2D eigenvalue weighted by molar-refractivity contribution is -0.168. The van der Waals surface area contributed by atoms with Crippen LogP contribution in [0.15, 0.2) is 30.5 Å². The molecule has 5 rings (SSSR count). The Balaban J connectivity index is 1.51. The number of pyridine rings is 1. The fraction of sp³-hybridized carbons (Fsp3) is 0.423. The number of nitrogens with zero attached hydrogens (tertiary/aromatic N) is 3. The number of hydrogen-bond donors (Lipinski definition) is 2. The Bertz CT molecular complexity index is 1350. The number of nitrogens with one attached hydrogen (secondary N) is 2. The fourth-order valence-electron chi connectivity index (χ4n) is 5.17. The van der Waals surface area contributed by atoms with E-state index in [1.807, 2.05) is 25.1 Å². The maximum absolute atomic E-state index is 13.6. The first kappa shape index (κ1) is 24.1. The second kappa shape index (κ2) is 8.83. The smallest absolute Gasteiger partial charge is 0.366 e. The van der Waals surface area contributed by atoms with Crippen LogP contribution in [-0.2, 0) is 0 Å². The number of amides is 2. The third kappa shape index (κ3) is 4.29. The van der Waals surface area contributed by atoms with Gasteiger partial charge in [0, 0.05) is 36.6 Å². The van der Waals surface area contributed by atoms with E-state index in [0.717, 1.165) is 48.5 Å². The molecular formula is C26H28F3N5O2. The van der Waals surface area contributed by atoms with Gasteiger partial charge in [-0.2, -0.15) is 13.2 Å². The van der Waals surface area contributed by atoms with Crippen LogP contribution in [-0.4, -0.2) is 47.1 Å². The summed E-state index contributed by atoms with van der Waals surface area (Å²) in [6.07, 6.45) is -1.77. The van der Waals surface area contributed by atoms with Crippen molar-refractivity contribution in [2.75, 3.05) is 28.2 Å². The van der Waals surface area contributed by atoms with E-state index in [1.165, 1.54) is 6.07 Å². The Morgan fingerprint density at radius 1 is 1.25 bits per heavy atom. The zero-order valence-corrected chi connectivity index (χ0v) is 20.4. The SMILES string of the molecule is Cc1ccc2c(NC(=O)N3c4nc(C(=O)CC(C)C(F)(F)F)cc(C)c4N4CCC[C@H]3C4)c[nH]c2c1. The monoisotopic (exact) mass is 499 g/mol. The average molecular weight is 500 g/mol. The molecular weight excluding hydrogens is 471 g/mol. The molecule has 0 radical (unpaired) electrons. The van der Waals surface area contributed by atoms with Crippen molar-refractivity contribution in [1.82, 2.24) is 9.97 Å². The molecule has 10 heteroatoms. The van der Waals surface area contributed by atoms with Crippen molar-refractivity contribution >= 4 is 39.9 Å². The quantitative estimate of drug-likeness (QED) is 0.433. The molecule has 2 aromatic heterocycles. The number of anilines is 3. The highest BCUT2D eigenvalue weighted by Gasteiger charge is 2.41. The van der Waals surface area contributed by atoms with Gasteiger partial charge in [0.15, 0.2) is 11.6 Å². The van der Waals surface area contributed by atoms with Crippen LogP contribution in [0.2, 0.25) is 0 Å². The number of hydrogen-bond acceptors (Lipinski definition) is 4. The van der Waals surface area contributed by atoms with Crippen molar-refractivity contribution in [3.8, 4) is 0 Å². The second-order valence-electron chi connectivity index (χ2n) is 9.86. The Morgan fingerprint density at radius 2 is 2.03 bits per heavy atom. The molecule has 2 amide bonds. The van der Waals surface area contributed by atoms with E-state index < -0.39 is 24.3 Å². The van der Waals surface area contributed by atoms with E-state index in [-0.39, 0.29) is 17.8 Å². The van der Waals surface area contributed by atoms with Gasteiger partial charge in [0.2, 0.25) is 0 Å². The van der Waals surface area contributed by atoms with Gasteiger partial charge in [-0.05, 0) is 49.9 Å². The highest BCUT2D eigenvalue weighted by atomic mass is 19.4. The molecule has 2 aliphatic heterocycles. The predicted molar refractivity (Wildman–Crippen MR) is 133 cm³/mol. The number of aromatic amines is 1. The molecule has 0 spiro atoms. The Hall–Kier alpha value is -3.56. The lowest BCUT2D eigenvalue weighted by Crippen LogP contribution is -2.56. The maximum atomic E-state index is 13.6. The van der Waals surface area contributed by atoms with Gasteiger partial charge in [0.05, 0.1) is 23.3 Å². The van der Waals surface area contributed by atoms with Gasteiger partial charge in [0.25, 0.3) is 0 Å². The van der Waals surface area contributed by atoms with Crippen molar-refractivity contribution in [1.29, 1.82) is 0 Å². The Labute approximate surface area is 206 Å². The number of rotatable bonds is 4. The molecule has 0 saturated carbocycles. The number of carbonyl (C=O) groups excluding carboxylic acids is 2. The zero-order chi connectivity index (χ0) is 25.8. The number of H-pyrrole nitrogens is 1. The van der Waals surface area contributed by atoms with E-state index in [2.05, 4.69) is 20.2 Å². The van der Waals surface area contributed by atoms with Crippen LogP contribution >= 0.6 is 0 Å². The maximum Gasteiger partial charge on any atom is 0.391 e. The highest BCUT2D eigenvalue weighted by Crippen LogP contribution is 2.41. The third-order valence-electron chi connectivity index (χ3n) is 7.10. The van der Waals surface area contributed by atoms with Crippen LogP contribution in [0.3, 0.4) is 0 Å². The van der Waals surface area contributed by atoms with Crippen LogP contribution < -0.4 is 15.1 Å². The standard InChI is InChI=1S/C26H28F3N5O2/c1-14-6-7-18-19(9-14)30-12-21(18)32-25(36)34-17-5-4-8-33(13-17)23-15(2)10-20(31-24(23)34)22(35)11-16(3)26(27,28)29/h6-7,9-10,12,16-17,30H,4-5,8,11,13H2,1-3H3,(H,32,36)/t16?,17-/m0/s1. The van der Waals surface area contributed by atoms with Crippen molar-refractivity contribution < 1.29 is 22.8 Å². The lowest BCUT2D eigenvalue weighted by Gasteiger charge is -2.46. The first-order chi connectivity index (χ1) is 17.0. The van der Waals surface area contributed by atoms with Gasteiger partial charge in [-0.3, -0.25) is 9.69 Å². The van der Waals surface area contributed by atoms with E-state index in [4.69, 9.17) is 0 Å². The molecule has 2 bridgehead atoms. The molecule has 1 unspecified atom stereocenters. The normalized spacial score (nSPS) is 18.2. The van der Waals surface area contributed by atoms with Gasteiger partial charge in [-0.15, -0.1) is 0 Å². The van der Waals surface area contributed by atoms with Crippen molar-refractivity contribution in [3.63, 3.8) is 0 Å². The topological polar surface area (TPSA) is 81.3 Å². The number of fused-ring (bicyclic) bond motifs is 5. The van der Waals surface area contributed by atoms with Crippen LogP contribution in [0.4, 0.5) is 35.2 Å².